The summed E-state index contributed by atoms with van der Waals surface area (Å²) in [5.74, 6) is 1.96. The lowest BCUT2D eigenvalue weighted by Gasteiger charge is -2.17. The Morgan fingerprint density at radius 3 is 2.50 bits per heavy atom. The van der Waals surface area contributed by atoms with Gasteiger partial charge in [-0.05, 0) is 49.5 Å². The molecule has 0 N–H and O–H groups in total. The Bertz CT molecular complexity index is 362. The molecule has 0 bridgehead atoms. The molecular weight excluding hydrogens is 196 g/mol. The smallest absolute Gasteiger partial charge is 0.159 e. The van der Waals surface area contributed by atoms with Crippen LogP contribution in [0.5, 0.6) is 0 Å². The summed E-state index contributed by atoms with van der Waals surface area (Å²) < 4.78 is 0. The Morgan fingerprint density at radius 2 is 1.88 bits per heavy atom. The number of rotatable bonds is 1. The summed E-state index contributed by atoms with van der Waals surface area (Å²) in [6.45, 7) is 10.6. The van der Waals surface area contributed by atoms with Crippen molar-refractivity contribution >= 4 is 5.78 Å². The SMILES string of the molecule is C=C(C)[C@@H]1CC[C@@H](C)C2=C(C1)[C@H](C)CC2=O. The van der Waals surface area contributed by atoms with Crippen LogP contribution in [0, 0.1) is 17.8 Å². The van der Waals surface area contributed by atoms with Crippen LogP contribution in [0.1, 0.15) is 46.5 Å². The van der Waals surface area contributed by atoms with Crippen molar-refractivity contribution in [2.45, 2.75) is 46.5 Å². The van der Waals surface area contributed by atoms with E-state index >= 15 is 0 Å². The summed E-state index contributed by atoms with van der Waals surface area (Å²) in [7, 11) is 0. The predicted octanol–water partition coefficient (Wildman–Crippen LogP) is 3.90. The number of carbonyl (C=O) groups is 1. The fourth-order valence-electron chi connectivity index (χ4n) is 3.24. The second kappa shape index (κ2) is 4.20. The molecule has 0 radical (unpaired) electrons. The maximum Gasteiger partial charge on any atom is 0.159 e. The predicted molar refractivity (Wildman–Crippen MR) is 67.1 cm³/mol. The minimum atomic E-state index is 0.414. The third kappa shape index (κ3) is 1.88. The van der Waals surface area contributed by atoms with Gasteiger partial charge >= 0.3 is 0 Å². The molecule has 0 amide bonds. The van der Waals surface area contributed by atoms with E-state index < -0.39 is 0 Å². The molecule has 0 unspecified atom stereocenters. The third-order valence-electron chi connectivity index (χ3n) is 4.34. The van der Waals surface area contributed by atoms with Crippen molar-refractivity contribution in [3.05, 3.63) is 23.3 Å². The van der Waals surface area contributed by atoms with E-state index in [-0.39, 0.29) is 0 Å². The van der Waals surface area contributed by atoms with E-state index in [0.29, 0.717) is 23.5 Å². The van der Waals surface area contributed by atoms with E-state index in [1.807, 2.05) is 0 Å². The molecule has 3 atom stereocenters. The van der Waals surface area contributed by atoms with Crippen molar-refractivity contribution in [3.8, 4) is 0 Å². The molecule has 0 saturated heterocycles. The van der Waals surface area contributed by atoms with E-state index in [1.165, 1.54) is 23.1 Å². The molecule has 0 saturated carbocycles. The number of carbonyl (C=O) groups excluding carboxylic acids is 1. The number of Topliss-reactive ketones (excluding diaryl/α,β-unsaturated/α-hetero) is 1. The van der Waals surface area contributed by atoms with Gasteiger partial charge in [0, 0.05) is 6.42 Å². The highest BCUT2D eigenvalue weighted by molar-refractivity contribution is 5.99. The fourth-order valence-corrected chi connectivity index (χ4v) is 3.24. The Kier molecular flexibility index (Phi) is 3.05. The van der Waals surface area contributed by atoms with Gasteiger partial charge in [0.05, 0.1) is 0 Å². The normalized spacial score (nSPS) is 34.9. The minimum Gasteiger partial charge on any atom is -0.295 e. The van der Waals surface area contributed by atoms with E-state index in [2.05, 4.69) is 27.4 Å². The van der Waals surface area contributed by atoms with Crippen molar-refractivity contribution in [2.24, 2.45) is 17.8 Å². The van der Waals surface area contributed by atoms with Gasteiger partial charge in [0.1, 0.15) is 0 Å². The van der Waals surface area contributed by atoms with Gasteiger partial charge in [0.15, 0.2) is 5.78 Å². The van der Waals surface area contributed by atoms with Gasteiger partial charge < -0.3 is 0 Å². The molecule has 1 nitrogen and oxygen atoms in total. The molecule has 1 heteroatoms. The Morgan fingerprint density at radius 1 is 1.19 bits per heavy atom. The zero-order valence-electron chi connectivity index (χ0n) is 10.7. The van der Waals surface area contributed by atoms with Crippen LogP contribution in [-0.4, -0.2) is 5.78 Å². The van der Waals surface area contributed by atoms with Gasteiger partial charge in [0.2, 0.25) is 0 Å². The van der Waals surface area contributed by atoms with Crippen LogP contribution in [0.25, 0.3) is 0 Å². The van der Waals surface area contributed by atoms with Crippen LogP contribution in [0.2, 0.25) is 0 Å². The highest BCUT2D eigenvalue weighted by Crippen LogP contribution is 2.43. The molecule has 88 valence electrons. The Labute approximate surface area is 98.6 Å². The standard InChI is InChI=1S/C15H22O/c1-9(2)12-6-5-10(3)15-13(8-12)11(4)7-14(15)16/h10-12H,1,5-8H2,2-4H3/t10-,11-,12-/m1/s1. The summed E-state index contributed by atoms with van der Waals surface area (Å²) in [5.41, 5.74) is 3.91. The van der Waals surface area contributed by atoms with E-state index in [0.717, 1.165) is 19.3 Å². The first-order valence-electron chi connectivity index (χ1n) is 6.42. The van der Waals surface area contributed by atoms with Gasteiger partial charge in [-0.2, -0.15) is 0 Å². The van der Waals surface area contributed by atoms with Crippen LogP contribution < -0.4 is 0 Å². The third-order valence-corrected chi connectivity index (χ3v) is 4.34. The second-order valence-electron chi connectivity index (χ2n) is 5.69. The van der Waals surface area contributed by atoms with Crippen LogP contribution in [0.3, 0.4) is 0 Å². The summed E-state index contributed by atoms with van der Waals surface area (Å²) in [5, 5.41) is 0. The summed E-state index contributed by atoms with van der Waals surface area (Å²) in [6.07, 6.45) is 4.18. The van der Waals surface area contributed by atoms with Crippen molar-refractivity contribution in [2.75, 3.05) is 0 Å². The average molecular weight is 218 g/mol. The largest absolute Gasteiger partial charge is 0.295 e. The van der Waals surface area contributed by atoms with Gasteiger partial charge in [-0.15, -0.1) is 0 Å². The van der Waals surface area contributed by atoms with E-state index in [9.17, 15) is 4.79 Å². The van der Waals surface area contributed by atoms with Gasteiger partial charge in [0.25, 0.3) is 0 Å². The van der Waals surface area contributed by atoms with Crippen LogP contribution in [0.15, 0.2) is 23.3 Å². The quantitative estimate of drug-likeness (QED) is 0.610. The lowest BCUT2D eigenvalue weighted by Crippen LogP contribution is -2.07. The van der Waals surface area contributed by atoms with E-state index in [1.54, 1.807) is 0 Å². The molecule has 0 aliphatic heterocycles. The Balaban J connectivity index is 2.33. The van der Waals surface area contributed by atoms with Crippen molar-refractivity contribution in [3.63, 3.8) is 0 Å². The molecule has 16 heavy (non-hydrogen) atoms. The van der Waals surface area contributed by atoms with Gasteiger partial charge in [-0.25, -0.2) is 0 Å². The molecule has 0 spiro atoms. The molecule has 0 aromatic rings. The molecule has 0 aromatic carbocycles. The molecule has 0 fully saturated rings. The van der Waals surface area contributed by atoms with Crippen molar-refractivity contribution in [1.82, 2.24) is 0 Å². The summed E-state index contributed by atoms with van der Waals surface area (Å²) in [6, 6.07) is 0. The highest BCUT2D eigenvalue weighted by Gasteiger charge is 2.35. The highest BCUT2D eigenvalue weighted by atomic mass is 16.1. The average Bonchev–Trinajstić information content (AvgIpc) is 2.39. The maximum absolute atomic E-state index is 12.0. The first kappa shape index (κ1) is 11.6. The monoisotopic (exact) mass is 218 g/mol. The topological polar surface area (TPSA) is 17.1 Å². The number of allylic oxidation sites excluding steroid dienone is 3. The number of hydrogen-bond donors (Lipinski definition) is 0. The lowest BCUT2D eigenvalue weighted by atomic mass is 9.87. The molecule has 0 aromatic heterocycles. The first-order valence-corrected chi connectivity index (χ1v) is 6.42. The molecular formula is C15H22O. The van der Waals surface area contributed by atoms with Crippen molar-refractivity contribution in [1.29, 1.82) is 0 Å². The zero-order valence-corrected chi connectivity index (χ0v) is 10.7. The molecule has 2 aliphatic carbocycles. The van der Waals surface area contributed by atoms with Gasteiger partial charge in [-0.1, -0.05) is 31.6 Å². The van der Waals surface area contributed by atoms with Crippen LogP contribution >= 0.6 is 0 Å². The fraction of sp³-hybridized carbons (Fsp3) is 0.667. The molecule has 0 heterocycles. The van der Waals surface area contributed by atoms with Crippen molar-refractivity contribution < 1.29 is 4.79 Å². The first-order chi connectivity index (χ1) is 7.50. The lowest BCUT2D eigenvalue weighted by molar-refractivity contribution is -0.115. The molecule has 2 rings (SSSR count). The van der Waals surface area contributed by atoms with E-state index in [4.69, 9.17) is 0 Å². The summed E-state index contributed by atoms with van der Waals surface area (Å²) >= 11 is 0. The zero-order chi connectivity index (χ0) is 11.9. The van der Waals surface area contributed by atoms with Crippen LogP contribution in [-0.2, 0) is 4.79 Å². The number of ketones is 1. The summed E-state index contributed by atoms with van der Waals surface area (Å²) in [4.78, 5) is 12.0. The van der Waals surface area contributed by atoms with Crippen LogP contribution in [0.4, 0.5) is 0 Å². The Hall–Kier alpha value is -0.850. The second-order valence-corrected chi connectivity index (χ2v) is 5.69. The minimum absolute atomic E-state index is 0.414. The number of hydrogen-bond acceptors (Lipinski definition) is 1. The molecule has 2 aliphatic rings. The maximum atomic E-state index is 12.0. The van der Waals surface area contributed by atoms with Gasteiger partial charge in [-0.3, -0.25) is 4.79 Å².